The Balaban J connectivity index is 1.92. The largest absolute Gasteiger partial charge is 0.373 e. The molecule has 4 nitrogen and oxygen atoms in total. The molecule has 94 valence electrons. The van der Waals surface area contributed by atoms with Crippen LogP contribution in [0.2, 0.25) is 0 Å². The molecule has 3 rings (SSSR count). The van der Waals surface area contributed by atoms with Gasteiger partial charge in [0.1, 0.15) is 6.33 Å². The number of para-hydroxylation sites is 1. The van der Waals surface area contributed by atoms with Crippen molar-refractivity contribution in [2.24, 2.45) is 13.0 Å². The lowest BCUT2D eigenvalue weighted by Gasteiger charge is -2.46. The normalized spacial score (nSPS) is 26.7. The van der Waals surface area contributed by atoms with Crippen molar-refractivity contribution >= 4 is 5.69 Å². The van der Waals surface area contributed by atoms with E-state index in [0.717, 1.165) is 30.3 Å². The van der Waals surface area contributed by atoms with Crippen LogP contribution >= 0.6 is 0 Å². The zero-order valence-corrected chi connectivity index (χ0v) is 10.8. The first kappa shape index (κ1) is 11.3. The van der Waals surface area contributed by atoms with Crippen LogP contribution in [-0.2, 0) is 12.6 Å². The van der Waals surface area contributed by atoms with Gasteiger partial charge in [0.05, 0.1) is 5.54 Å². The van der Waals surface area contributed by atoms with Gasteiger partial charge in [-0.25, -0.2) is 0 Å². The Bertz CT molecular complexity index is 526. The van der Waals surface area contributed by atoms with Gasteiger partial charge in [0.25, 0.3) is 0 Å². The highest BCUT2D eigenvalue weighted by atomic mass is 15.3. The molecule has 0 unspecified atom stereocenters. The second-order valence-electron chi connectivity index (χ2n) is 5.35. The molecule has 1 aliphatic rings. The maximum atomic E-state index is 4.29. The molecule has 1 heterocycles. The van der Waals surface area contributed by atoms with Gasteiger partial charge >= 0.3 is 0 Å². The maximum Gasteiger partial charge on any atom is 0.158 e. The molecule has 1 saturated carbocycles. The standard InChI is InChI=1S/C14H18N4/c1-11-8-14(9-11,13-17-15-10-18(13)2)16-12-6-4-3-5-7-12/h3-7,10-11,16H,8-9H2,1-2H3. The topological polar surface area (TPSA) is 42.7 Å². The SMILES string of the molecule is CC1CC(Nc2ccccc2)(c2nncn2C)C1. The van der Waals surface area contributed by atoms with Crippen molar-refractivity contribution in [2.45, 2.75) is 25.3 Å². The summed E-state index contributed by atoms with van der Waals surface area (Å²) in [5, 5.41) is 11.9. The highest BCUT2D eigenvalue weighted by Crippen LogP contribution is 2.46. The number of hydrogen-bond acceptors (Lipinski definition) is 3. The van der Waals surface area contributed by atoms with Crippen LogP contribution in [0.15, 0.2) is 36.7 Å². The Morgan fingerprint density at radius 1 is 1.28 bits per heavy atom. The van der Waals surface area contributed by atoms with Gasteiger partial charge in [-0.1, -0.05) is 25.1 Å². The van der Waals surface area contributed by atoms with Crippen molar-refractivity contribution in [1.29, 1.82) is 0 Å². The van der Waals surface area contributed by atoms with Crippen LogP contribution < -0.4 is 5.32 Å². The van der Waals surface area contributed by atoms with Crippen LogP contribution in [0.25, 0.3) is 0 Å². The summed E-state index contributed by atoms with van der Waals surface area (Å²) in [5.41, 5.74) is 1.10. The first-order chi connectivity index (χ1) is 8.70. The Hall–Kier alpha value is -1.84. The minimum Gasteiger partial charge on any atom is -0.373 e. The average molecular weight is 242 g/mol. The molecular weight excluding hydrogens is 224 g/mol. The third kappa shape index (κ3) is 1.78. The predicted molar refractivity (Wildman–Crippen MR) is 71.1 cm³/mol. The predicted octanol–water partition coefficient (Wildman–Crippen LogP) is 2.55. The van der Waals surface area contributed by atoms with Crippen LogP contribution in [-0.4, -0.2) is 14.8 Å². The molecule has 18 heavy (non-hydrogen) atoms. The van der Waals surface area contributed by atoms with Gasteiger partial charge in [-0.15, -0.1) is 10.2 Å². The third-order valence-corrected chi connectivity index (χ3v) is 3.69. The average Bonchev–Trinajstić information content (AvgIpc) is 2.75. The fourth-order valence-corrected chi connectivity index (χ4v) is 2.98. The van der Waals surface area contributed by atoms with Crippen LogP contribution in [0.4, 0.5) is 5.69 Å². The molecule has 1 aromatic carbocycles. The first-order valence-electron chi connectivity index (χ1n) is 6.37. The van der Waals surface area contributed by atoms with Crippen LogP contribution in [0.1, 0.15) is 25.6 Å². The van der Waals surface area contributed by atoms with Crippen molar-refractivity contribution in [1.82, 2.24) is 14.8 Å². The van der Waals surface area contributed by atoms with E-state index in [1.807, 2.05) is 17.7 Å². The van der Waals surface area contributed by atoms with Crippen molar-refractivity contribution < 1.29 is 0 Å². The summed E-state index contributed by atoms with van der Waals surface area (Å²) in [7, 11) is 2.01. The van der Waals surface area contributed by atoms with E-state index < -0.39 is 0 Å². The molecule has 0 amide bonds. The summed E-state index contributed by atoms with van der Waals surface area (Å²) in [6.45, 7) is 2.28. The second-order valence-corrected chi connectivity index (χ2v) is 5.35. The van der Waals surface area contributed by atoms with Crippen molar-refractivity contribution in [2.75, 3.05) is 5.32 Å². The lowest BCUT2D eigenvalue weighted by molar-refractivity contribution is 0.172. The molecule has 1 fully saturated rings. The van der Waals surface area contributed by atoms with Crippen molar-refractivity contribution in [3.63, 3.8) is 0 Å². The van der Waals surface area contributed by atoms with Crippen molar-refractivity contribution in [3.05, 3.63) is 42.5 Å². The summed E-state index contributed by atoms with van der Waals surface area (Å²) >= 11 is 0. The maximum absolute atomic E-state index is 4.29. The van der Waals surface area contributed by atoms with Gasteiger partial charge in [0, 0.05) is 12.7 Å². The van der Waals surface area contributed by atoms with Gasteiger partial charge in [0.2, 0.25) is 0 Å². The van der Waals surface area contributed by atoms with Crippen LogP contribution in [0.5, 0.6) is 0 Å². The minimum absolute atomic E-state index is 0.0496. The Kier molecular flexibility index (Phi) is 2.58. The van der Waals surface area contributed by atoms with Gasteiger partial charge in [0.15, 0.2) is 5.82 Å². The van der Waals surface area contributed by atoms with E-state index in [4.69, 9.17) is 0 Å². The highest BCUT2D eigenvalue weighted by molar-refractivity contribution is 5.47. The van der Waals surface area contributed by atoms with E-state index in [1.165, 1.54) is 0 Å². The molecule has 2 aromatic rings. The summed E-state index contributed by atoms with van der Waals surface area (Å²) < 4.78 is 2.02. The lowest BCUT2D eigenvalue weighted by atomic mass is 9.68. The number of hydrogen-bond donors (Lipinski definition) is 1. The van der Waals surface area contributed by atoms with Gasteiger partial charge in [-0.05, 0) is 30.9 Å². The molecule has 4 heteroatoms. The highest BCUT2D eigenvalue weighted by Gasteiger charge is 2.46. The molecule has 0 atom stereocenters. The summed E-state index contributed by atoms with van der Waals surface area (Å²) in [4.78, 5) is 0. The molecule has 1 aromatic heterocycles. The lowest BCUT2D eigenvalue weighted by Crippen LogP contribution is -2.48. The number of anilines is 1. The molecule has 0 bridgehead atoms. The van der Waals surface area contributed by atoms with Crippen LogP contribution in [0, 0.1) is 5.92 Å². The molecule has 0 spiro atoms. The molecule has 1 N–H and O–H groups in total. The fourth-order valence-electron chi connectivity index (χ4n) is 2.98. The molecule has 1 aliphatic carbocycles. The zero-order valence-electron chi connectivity index (χ0n) is 10.8. The Morgan fingerprint density at radius 2 is 2.00 bits per heavy atom. The summed E-state index contributed by atoms with van der Waals surface area (Å²) in [6, 6.07) is 10.3. The molecular formula is C14H18N4. The molecule has 0 saturated heterocycles. The second kappa shape index (κ2) is 4.12. The van der Waals surface area contributed by atoms with E-state index in [2.05, 4.69) is 46.7 Å². The zero-order chi connectivity index (χ0) is 12.6. The summed E-state index contributed by atoms with van der Waals surface area (Å²) in [5.74, 6) is 1.77. The van der Waals surface area contributed by atoms with Crippen LogP contribution in [0.3, 0.4) is 0 Å². The first-order valence-corrected chi connectivity index (χ1v) is 6.37. The fraction of sp³-hybridized carbons (Fsp3) is 0.429. The third-order valence-electron chi connectivity index (χ3n) is 3.69. The number of rotatable bonds is 3. The van der Waals surface area contributed by atoms with Crippen molar-refractivity contribution in [3.8, 4) is 0 Å². The monoisotopic (exact) mass is 242 g/mol. The number of aromatic nitrogens is 3. The van der Waals surface area contributed by atoms with Gasteiger partial charge < -0.3 is 9.88 Å². The smallest absolute Gasteiger partial charge is 0.158 e. The van der Waals surface area contributed by atoms with E-state index in [9.17, 15) is 0 Å². The van der Waals surface area contributed by atoms with E-state index in [1.54, 1.807) is 6.33 Å². The van der Waals surface area contributed by atoms with E-state index in [0.29, 0.717) is 0 Å². The molecule has 0 aliphatic heterocycles. The van der Waals surface area contributed by atoms with E-state index in [-0.39, 0.29) is 5.54 Å². The van der Waals surface area contributed by atoms with E-state index >= 15 is 0 Å². The Labute approximate surface area is 107 Å². The number of nitrogens with zero attached hydrogens (tertiary/aromatic N) is 3. The number of nitrogens with one attached hydrogen (secondary N) is 1. The number of aryl methyl sites for hydroxylation is 1. The van der Waals surface area contributed by atoms with Gasteiger partial charge in [-0.3, -0.25) is 0 Å². The van der Waals surface area contributed by atoms with Gasteiger partial charge in [-0.2, -0.15) is 0 Å². The summed E-state index contributed by atoms with van der Waals surface area (Å²) in [6.07, 6.45) is 3.98. The quantitative estimate of drug-likeness (QED) is 0.899. The minimum atomic E-state index is -0.0496. The molecule has 0 radical (unpaired) electrons. The number of benzene rings is 1. The Morgan fingerprint density at radius 3 is 2.56 bits per heavy atom.